The average molecular weight is 293 g/mol. The van der Waals surface area contributed by atoms with E-state index in [1.54, 1.807) is 12.1 Å². The van der Waals surface area contributed by atoms with Gasteiger partial charge in [0.25, 0.3) is 0 Å². The molecule has 0 spiro atoms. The summed E-state index contributed by atoms with van der Waals surface area (Å²) < 4.78 is 10.6. The zero-order valence-corrected chi connectivity index (χ0v) is 12.1. The van der Waals surface area contributed by atoms with Crippen molar-refractivity contribution in [1.29, 1.82) is 0 Å². The maximum Gasteiger partial charge on any atom is 0.311 e. The molecule has 0 aromatic carbocycles. The number of aliphatic carboxylic acids is 1. The van der Waals surface area contributed by atoms with Crippen molar-refractivity contribution in [1.82, 2.24) is 4.90 Å². The molecule has 0 radical (unpaired) electrons. The molecule has 1 saturated heterocycles. The molecular weight excluding hydrogens is 274 g/mol. The lowest BCUT2D eigenvalue weighted by atomic mass is 10.0. The maximum absolute atomic E-state index is 12.3. The number of carboxylic acid groups (broad SMARTS) is 1. The minimum absolute atomic E-state index is 0.144. The van der Waals surface area contributed by atoms with Gasteiger partial charge in [-0.3, -0.25) is 9.59 Å². The SMILES string of the molecule is CCN(C(=O)C=Cc1ccc(C)o1)C1COCC1C(=O)O. The van der Waals surface area contributed by atoms with Crippen molar-refractivity contribution in [3.05, 3.63) is 29.7 Å². The molecule has 2 heterocycles. The van der Waals surface area contributed by atoms with Gasteiger partial charge in [0.1, 0.15) is 17.4 Å². The second-order valence-corrected chi connectivity index (χ2v) is 4.96. The van der Waals surface area contributed by atoms with Gasteiger partial charge in [-0.15, -0.1) is 0 Å². The summed E-state index contributed by atoms with van der Waals surface area (Å²) >= 11 is 0. The van der Waals surface area contributed by atoms with Crippen molar-refractivity contribution in [2.24, 2.45) is 5.92 Å². The van der Waals surface area contributed by atoms with E-state index < -0.39 is 17.9 Å². The van der Waals surface area contributed by atoms with E-state index in [0.29, 0.717) is 12.3 Å². The molecule has 1 aliphatic heterocycles. The second kappa shape index (κ2) is 6.58. The highest BCUT2D eigenvalue weighted by Gasteiger charge is 2.38. The lowest BCUT2D eigenvalue weighted by Crippen LogP contribution is -2.45. The molecular formula is C15H19NO5. The van der Waals surface area contributed by atoms with Crippen LogP contribution in [0.1, 0.15) is 18.4 Å². The predicted octanol–water partition coefficient (Wildman–Crippen LogP) is 1.55. The highest BCUT2D eigenvalue weighted by molar-refractivity contribution is 5.92. The fraction of sp³-hybridized carbons (Fsp3) is 0.467. The number of furan rings is 1. The van der Waals surface area contributed by atoms with E-state index in [9.17, 15) is 9.59 Å². The Hall–Kier alpha value is -2.08. The first-order valence-corrected chi connectivity index (χ1v) is 6.88. The second-order valence-electron chi connectivity index (χ2n) is 4.96. The van der Waals surface area contributed by atoms with Gasteiger partial charge in [-0.25, -0.2) is 0 Å². The molecule has 2 rings (SSSR count). The van der Waals surface area contributed by atoms with Crippen molar-refractivity contribution in [2.45, 2.75) is 19.9 Å². The van der Waals surface area contributed by atoms with Gasteiger partial charge in [0, 0.05) is 12.6 Å². The van der Waals surface area contributed by atoms with Crippen molar-refractivity contribution in [3.63, 3.8) is 0 Å². The van der Waals surface area contributed by atoms with Crippen LogP contribution in [0.4, 0.5) is 0 Å². The Morgan fingerprint density at radius 1 is 1.43 bits per heavy atom. The molecule has 1 N–H and O–H groups in total. The van der Waals surface area contributed by atoms with E-state index in [0.717, 1.165) is 5.76 Å². The molecule has 114 valence electrons. The molecule has 1 aromatic heterocycles. The largest absolute Gasteiger partial charge is 0.481 e. The predicted molar refractivity (Wildman–Crippen MR) is 75.6 cm³/mol. The number of carbonyl (C=O) groups excluding carboxylic acids is 1. The van der Waals surface area contributed by atoms with Crippen LogP contribution in [-0.4, -0.2) is 47.7 Å². The fourth-order valence-corrected chi connectivity index (χ4v) is 2.43. The van der Waals surface area contributed by atoms with Crippen LogP contribution in [0.3, 0.4) is 0 Å². The Balaban J connectivity index is 2.08. The van der Waals surface area contributed by atoms with Crippen molar-refractivity contribution in [2.75, 3.05) is 19.8 Å². The van der Waals surface area contributed by atoms with Gasteiger partial charge < -0.3 is 19.2 Å². The minimum Gasteiger partial charge on any atom is -0.481 e. The van der Waals surface area contributed by atoms with Gasteiger partial charge >= 0.3 is 5.97 Å². The monoisotopic (exact) mass is 293 g/mol. The standard InChI is InChI=1S/C15H19NO5/c1-3-16(13-9-20-8-12(13)15(18)19)14(17)7-6-11-5-4-10(2)21-11/h4-7,12-13H,3,8-9H2,1-2H3,(H,18,19). The molecule has 1 amide bonds. The molecule has 1 aromatic rings. The summed E-state index contributed by atoms with van der Waals surface area (Å²) in [5.74, 6) is -0.491. The normalized spacial score (nSPS) is 21.8. The molecule has 1 fully saturated rings. The first-order chi connectivity index (χ1) is 10.0. The highest BCUT2D eigenvalue weighted by Crippen LogP contribution is 2.20. The van der Waals surface area contributed by atoms with Crippen molar-refractivity contribution >= 4 is 18.0 Å². The Bertz CT molecular complexity index is 548. The third kappa shape index (κ3) is 3.52. The Kier molecular flexibility index (Phi) is 4.80. The lowest BCUT2D eigenvalue weighted by Gasteiger charge is -2.28. The Morgan fingerprint density at radius 2 is 2.19 bits per heavy atom. The molecule has 1 aliphatic rings. The van der Waals surface area contributed by atoms with E-state index in [4.69, 9.17) is 14.3 Å². The number of rotatable bonds is 5. The Labute approximate surface area is 123 Å². The highest BCUT2D eigenvalue weighted by atomic mass is 16.5. The number of ether oxygens (including phenoxy) is 1. The first-order valence-electron chi connectivity index (χ1n) is 6.88. The van der Waals surface area contributed by atoms with Crippen LogP contribution in [0.2, 0.25) is 0 Å². The fourth-order valence-electron chi connectivity index (χ4n) is 2.43. The van der Waals surface area contributed by atoms with Gasteiger partial charge in [-0.05, 0) is 32.1 Å². The van der Waals surface area contributed by atoms with Crippen LogP contribution < -0.4 is 0 Å². The van der Waals surface area contributed by atoms with Crippen molar-refractivity contribution in [3.8, 4) is 0 Å². The van der Waals surface area contributed by atoms with Gasteiger partial charge in [0.2, 0.25) is 5.91 Å². The molecule has 2 unspecified atom stereocenters. The molecule has 6 nitrogen and oxygen atoms in total. The van der Waals surface area contributed by atoms with Crippen LogP contribution in [0, 0.1) is 12.8 Å². The van der Waals surface area contributed by atoms with E-state index in [1.165, 1.54) is 11.0 Å². The molecule has 6 heteroatoms. The molecule has 0 bridgehead atoms. The zero-order valence-electron chi connectivity index (χ0n) is 12.1. The van der Waals surface area contributed by atoms with Gasteiger partial charge in [-0.1, -0.05) is 0 Å². The quantitative estimate of drug-likeness (QED) is 0.833. The number of amides is 1. The lowest BCUT2D eigenvalue weighted by molar-refractivity contribution is -0.144. The number of hydrogen-bond donors (Lipinski definition) is 1. The summed E-state index contributed by atoms with van der Waals surface area (Å²) in [7, 11) is 0. The summed E-state index contributed by atoms with van der Waals surface area (Å²) in [5.41, 5.74) is 0. The van der Waals surface area contributed by atoms with Crippen LogP contribution >= 0.6 is 0 Å². The summed E-state index contributed by atoms with van der Waals surface area (Å²) in [5, 5.41) is 9.17. The topological polar surface area (TPSA) is 80.0 Å². The van der Waals surface area contributed by atoms with Gasteiger partial charge in [-0.2, -0.15) is 0 Å². The summed E-state index contributed by atoms with van der Waals surface area (Å²) in [6.45, 7) is 4.47. The summed E-state index contributed by atoms with van der Waals surface area (Å²) in [6, 6.07) is 3.16. The number of carboxylic acids is 1. The third-order valence-corrected chi connectivity index (χ3v) is 3.54. The number of likely N-dealkylation sites (N-methyl/N-ethyl adjacent to an activating group) is 1. The van der Waals surface area contributed by atoms with E-state index >= 15 is 0 Å². The van der Waals surface area contributed by atoms with Crippen LogP contribution in [0.5, 0.6) is 0 Å². The number of carbonyl (C=O) groups is 2. The smallest absolute Gasteiger partial charge is 0.311 e. The number of nitrogens with zero attached hydrogens (tertiary/aromatic N) is 1. The van der Waals surface area contributed by atoms with Crippen molar-refractivity contribution < 1.29 is 23.8 Å². The summed E-state index contributed by atoms with van der Waals surface area (Å²) in [4.78, 5) is 25.0. The van der Waals surface area contributed by atoms with E-state index in [2.05, 4.69) is 0 Å². The van der Waals surface area contributed by atoms with E-state index in [1.807, 2.05) is 19.9 Å². The molecule has 0 saturated carbocycles. The zero-order chi connectivity index (χ0) is 15.4. The van der Waals surface area contributed by atoms with Gasteiger partial charge in [0.05, 0.1) is 19.3 Å². The first kappa shape index (κ1) is 15.3. The van der Waals surface area contributed by atoms with Crippen LogP contribution in [-0.2, 0) is 14.3 Å². The third-order valence-electron chi connectivity index (χ3n) is 3.54. The number of aryl methyl sites for hydroxylation is 1. The molecule has 21 heavy (non-hydrogen) atoms. The Morgan fingerprint density at radius 3 is 2.76 bits per heavy atom. The van der Waals surface area contributed by atoms with Crippen LogP contribution in [0.15, 0.2) is 22.6 Å². The minimum atomic E-state index is -0.936. The van der Waals surface area contributed by atoms with Crippen LogP contribution in [0.25, 0.3) is 6.08 Å². The number of hydrogen-bond acceptors (Lipinski definition) is 4. The molecule has 2 atom stereocenters. The van der Waals surface area contributed by atoms with Gasteiger partial charge in [0.15, 0.2) is 0 Å². The average Bonchev–Trinajstić information content (AvgIpc) is 3.06. The maximum atomic E-state index is 12.3. The summed E-state index contributed by atoms with van der Waals surface area (Å²) in [6.07, 6.45) is 2.99. The van der Waals surface area contributed by atoms with E-state index in [-0.39, 0.29) is 19.1 Å². The molecule has 0 aliphatic carbocycles.